The Bertz CT molecular complexity index is 485. The average molecular weight is 262 g/mol. The smallest absolute Gasteiger partial charge is 0.335 e. The molecular weight excluding hydrogens is 240 g/mol. The highest BCUT2D eigenvalue weighted by atomic mass is 16.4. The molecule has 0 bridgehead atoms. The molecule has 4 nitrogen and oxygen atoms in total. The summed E-state index contributed by atoms with van der Waals surface area (Å²) in [7, 11) is 0. The number of nitrogens with one attached hydrogen (secondary N) is 1. The number of hydrogen-bond donors (Lipinski definition) is 2. The van der Waals surface area contributed by atoms with Gasteiger partial charge >= 0.3 is 5.97 Å². The molecule has 0 atom stereocenters. The van der Waals surface area contributed by atoms with Gasteiger partial charge in [-0.15, -0.1) is 0 Å². The highest BCUT2D eigenvalue weighted by molar-refractivity contribution is 5.88. The minimum atomic E-state index is -0.905. The van der Waals surface area contributed by atoms with Crippen LogP contribution in [0.3, 0.4) is 0 Å². The molecule has 0 aliphatic heterocycles. The fourth-order valence-corrected chi connectivity index (χ4v) is 2.34. The van der Waals surface area contributed by atoms with E-state index in [4.69, 9.17) is 0 Å². The number of nitrogens with zero attached hydrogens (tertiary/aromatic N) is 1. The first kappa shape index (κ1) is 13.8. The van der Waals surface area contributed by atoms with Crippen LogP contribution in [0.15, 0.2) is 12.1 Å². The van der Waals surface area contributed by atoms with Gasteiger partial charge in [0, 0.05) is 17.2 Å². The molecule has 1 aromatic heterocycles. The Morgan fingerprint density at radius 3 is 2.47 bits per heavy atom. The van der Waals surface area contributed by atoms with E-state index >= 15 is 0 Å². The summed E-state index contributed by atoms with van der Waals surface area (Å²) in [6.07, 6.45) is 2.26. The zero-order valence-corrected chi connectivity index (χ0v) is 12.0. The van der Waals surface area contributed by atoms with Crippen LogP contribution in [-0.2, 0) is 5.41 Å². The minimum absolute atomic E-state index is 0.158. The molecule has 104 valence electrons. The molecule has 0 amide bonds. The van der Waals surface area contributed by atoms with E-state index in [1.807, 2.05) is 20.8 Å². The fraction of sp³-hybridized carbons (Fsp3) is 0.600. The molecule has 1 saturated carbocycles. The lowest BCUT2D eigenvalue weighted by Gasteiger charge is -2.34. The lowest BCUT2D eigenvalue weighted by Crippen LogP contribution is -2.34. The molecule has 19 heavy (non-hydrogen) atoms. The maximum Gasteiger partial charge on any atom is 0.335 e. The molecule has 0 spiro atoms. The van der Waals surface area contributed by atoms with Gasteiger partial charge in [0.15, 0.2) is 0 Å². The van der Waals surface area contributed by atoms with Gasteiger partial charge in [-0.1, -0.05) is 27.7 Å². The second-order valence-corrected chi connectivity index (χ2v) is 6.60. The van der Waals surface area contributed by atoms with Crippen LogP contribution in [0.5, 0.6) is 0 Å². The largest absolute Gasteiger partial charge is 0.478 e. The molecule has 2 N–H and O–H groups in total. The first-order valence-corrected chi connectivity index (χ1v) is 6.78. The summed E-state index contributed by atoms with van der Waals surface area (Å²) < 4.78 is 0. The Morgan fingerprint density at radius 1 is 1.37 bits per heavy atom. The van der Waals surface area contributed by atoms with Crippen molar-refractivity contribution >= 4 is 11.8 Å². The molecule has 0 saturated heterocycles. The van der Waals surface area contributed by atoms with Crippen molar-refractivity contribution in [2.24, 2.45) is 5.92 Å². The average Bonchev–Trinajstić information content (AvgIpc) is 2.25. The molecule has 0 aromatic carbocycles. The molecular formula is C15H22N2O2. The van der Waals surface area contributed by atoms with E-state index in [1.54, 1.807) is 12.1 Å². The van der Waals surface area contributed by atoms with Gasteiger partial charge in [-0.2, -0.15) is 0 Å². The van der Waals surface area contributed by atoms with Crippen LogP contribution in [0.2, 0.25) is 0 Å². The van der Waals surface area contributed by atoms with Crippen LogP contribution in [0, 0.1) is 5.92 Å². The number of aromatic nitrogens is 1. The Morgan fingerprint density at radius 2 is 2.00 bits per heavy atom. The lowest BCUT2D eigenvalue weighted by atomic mass is 9.82. The number of aromatic carboxylic acids is 1. The summed E-state index contributed by atoms with van der Waals surface area (Å²) in [6.45, 7) is 8.34. The van der Waals surface area contributed by atoms with Gasteiger partial charge in [-0.05, 0) is 30.9 Å². The SMILES string of the molecule is CC1CC(Nc2cc(C(=O)O)cc(C(C)(C)C)n2)C1. The zero-order chi connectivity index (χ0) is 14.2. The predicted octanol–water partition coefficient (Wildman–Crippen LogP) is 3.29. The van der Waals surface area contributed by atoms with Gasteiger partial charge in [0.25, 0.3) is 0 Å². The van der Waals surface area contributed by atoms with Gasteiger partial charge in [0.2, 0.25) is 0 Å². The summed E-state index contributed by atoms with van der Waals surface area (Å²) in [5, 5.41) is 12.5. The molecule has 0 unspecified atom stereocenters. The standard InChI is InChI=1S/C15H22N2O2/c1-9-5-11(6-9)16-13-8-10(14(18)19)7-12(17-13)15(2,3)4/h7-9,11H,5-6H2,1-4H3,(H,16,17)(H,18,19). The van der Waals surface area contributed by atoms with E-state index in [0.717, 1.165) is 24.5 Å². The predicted molar refractivity (Wildman–Crippen MR) is 75.7 cm³/mol. The Balaban J connectivity index is 2.26. The fourth-order valence-electron chi connectivity index (χ4n) is 2.34. The molecule has 1 aliphatic rings. The zero-order valence-electron chi connectivity index (χ0n) is 12.0. The normalized spacial score (nSPS) is 22.7. The van der Waals surface area contributed by atoms with E-state index in [2.05, 4.69) is 17.2 Å². The first-order valence-electron chi connectivity index (χ1n) is 6.78. The van der Waals surface area contributed by atoms with Crippen LogP contribution in [0.1, 0.15) is 56.6 Å². The molecule has 1 fully saturated rings. The van der Waals surface area contributed by atoms with Crippen LogP contribution in [0.4, 0.5) is 5.82 Å². The summed E-state index contributed by atoms with van der Waals surface area (Å²) in [6, 6.07) is 3.72. The van der Waals surface area contributed by atoms with Crippen molar-refractivity contribution < 1.29 is 9.90 Å². The van der Waals surface area contributed by atoms with E-state index < -0.39 is 5.97 Å². The summed E-state index contributed by atoms with van der Waals surface area (Å²) in [4.78, 5) is 15.8. The highest BCUT2D eigenvalue weighted by Gasteiger charge is 2.26. The number of anilines is 1. The van der Waals surface area contributed by atoms with Gasteiger partial charge in [-0.3, -0.25) is 0 Å². The number of carbonyl (C=O) groups is 1. The molecule has 4 heteroatoms. The molecule has 1 aromatic rings. The number of rotatable bonds is 3. The Labute approximate surface area is 114 Å². The third kappa shape index (κ3) is 3.25. The third-order valence-corrected chi connectivity index (χ3v) is 3.57. The molecule has 2 rings (SSSR count). The number of carboxylic acid groups (broad SMARTS) is 1. The Hall–Kier alpha value is -1.58. The third-order valence-electron chi connectivity index (χ3n) is 3.57. The van der Waals surface area contributed by atoms with Crippen molar-refractivity contribution in [1.82, 2.24) is 4.98 Å². The van der Waals surface area contributed by atoms with E-state index in [0.29, 0.717) is 17.4 Å². The topological polar surface area (TPSA) is 62.2 Å². The van der Waals surface area contributed by atoms with Crippen molar-refractivity contribution in [3.8, 4) is 0 Å². The summed E-state index contributed by atoms with van der Waals surface area (Å²) in [5.41, 5.74) is 0.950. The lowest BCUT2D eigenvalue weighted by molar-refractivity contribution is 0.0696. The monoisotopic (exact) mass is 262 g/mol. The van der Waals surface area contributed by atoms with E-state index in [9.17, 15) is 9.90 Å². The minimum Gasteiger partial charge on any atom is -0.478 e. The summed E-state index contributed by atoms with van der Waals surface area (Å²) in [5.74, 6) is 0.530. The highest BCUT2D eigenvalue weighted by Crippen LogP contribution is 2.30. The van der Waals surface area contributed by atoms with Gasteiger partial charge in [-0.25, -0.2) is 9.78 Å². The quantitative estimate of drug-likeness (QED) is 0.877. The van der Waals surface area contributed by atoms with Crippen molar-refractivity contribution in [1.29, 1.82) is 0 Å². The Kier molecular flexibility index (Phi) is 3.52. The van der Waals surface area contributed by atoms with Crippen molar-refractivity contribution in [2.75, 3.05) is 5.32 Å². The van der Waals surface area contributed by atoms with E-state index in [1.165, 1.54) is 0 Å². The maximum absolute atomic E-state index is 11.2. The van der Waals surface area contributed by atoms with E-state index in [-0.39, 0.29) is 5.41 Å². The molecule has 1 heterocycles. The van der Waals surface area contributed by atoms with Gasteiger partial charge in [0.1, 0.15) is 5.82 Å². The maximum atomic E-state index is 11.2. The second kappa shape index (κ2) is 4.83. The van der Waals surface area contributed by atoms with Crippen molar-refractivity contribution in [2.45, 2.75) is 52.0 Å². The number of carboxylic acids is 1. The van der Waals surface area contributed by atoms with Crippen molar-refractivity contribution in [3.05, 3.63) is 23.4 Å². The van der Waals surface area contributed by atoms with Crippen molar-refractivity contribution in [3.63, 3.8) is 0 Å². The summed E-state index contributed by atoms with van der Waals surface area (Å²) >= 11 is 0. The number of pyridine rings is 1. The second-order valence-electron chi connectivity index (χ2n) is 6.60. The van der Waals surface area contributed by atoms with Crippen LogP contribution in [-0.4, -0.2) is 22.1 Å². The first-order chi connectivity index (χ1) is 8.75. The van der Waals surface area contributed by atoms with Crippen LogP contribution < -0.4 is 5.32 Å². The van der Waals surface area contributed by atoms with Crippen LogP contribution >= 0.6 is 0 Å². The molecule has 0 radical (unpaired) electrons. The van der Waals surface area contributed by atoms with Crippen LogP contribution in [0.25, 0.3) is 0 Å². The van der Waals surface area contributed by atoms with Gasteiger partial charge in [0.05, 0.1) is 5.56 Å². The van der Waals surface area contributed by atoms with Gasteiger partial charge < -0.3 is 10.4 Å². The number of hydrogen-bond acceptors (Lipinski definition) is 3. The molecule has 1 aliphatic carbocycles.